The predicted molar refractivity (Wildman–Crippen MR) is 81.2 cm³/mol. The number of methoxy groups -OCH3 is 2. The lowest BCUT2D eigenvalue weighted by molar-refractivity contribution is 0.102. The first kappa shape index (κ1) is 14.9. The van der Waals surface area contributed by atoms with Crippen molar-refractivity contribution in [2.75, 3.05) is 25.3 Å². The third-order valence-corrected chi connectivity index (χ3v) is 3.04. The summed E-state index contributed by atoms with van der Waals surface area (Å²) in [6.45, 7) is 0. The van der Waals surface area contributed by atoms with Crippen LogP contribution in [0.5, 0.6) is 11.5 Å². The molecule has 0 bridgehead atoms. The van der Waals surface area contributed by atoms with E-state index in [1.807, 2.05) is 0 Å². The number of anilines is 2. The van der Waals surface area contributed by atoms with E-state index in [9.17, 15) is 4.79 Å². The summed E-state index contributed by atoms with van der Waals surface area (Å²) < 4.78 is 10.3. The first-order chi connectivity index (χ1) is 10.0. The zero-order valence-corrected chi connectivity index (χ0v) is 12.3. The predicted octanol–water partition coefficient (Wildman–Crippen LogP) is 2.59. The van der Waals surface area contributed by atoms with Crippen molar-refractivity contribution < 1.29 is 14.3 Å². The number of pyridine rings is 1. The van der Waals surface area contributed by atoms with Crippen LogP contribution in [0, 0.1) is 0 Å². The number of halogens is 1. The Morgan fingerprint density at radius 3 is 2.52 bits per heavy atom. The van der Waals surface area contributed by atoms with Gasteiger partial charge >= 0.3 is 0 Å². The van der Waals surface area contributed by atoms with E-state index in [1.165, 1.54) is 26.5 Å². The summed E-state index contributed by atoms with van der Waals surface area (Å²) in [6, 6.07) is 6.27. The number of benzene rings is 1. The molecule has 21 heavy (non-hydrogen) atoms. The van der Waals surface area contributed by atoms with Gasteiger partial charge in [-0.3, -0.25) is 4.79 Å². The van der Waals surface area contributed by atoms with Gasteiger partial charge in [0.2, 0.25) is 0 Å². The van der Waals surface area contributed by atoms with E-state index in [1.54, 1.807) is 18.2 Å². The zero-order valence-electron chi connectivity index (χ0n) is 11.5. The molecule has 1 amide bonds. The Bertz CT molecular complexity index is 659. The van der Waals surface area contributed by atoms with Crippen molar-refractivity contribution in [1.82, 2.24) is 4.98 Å². The van der Waals surface area contributed by atoms with Gasteiger partial charge in [0.15, 0.2) is 0 Å². The molecule has 0 aliphatic rings. The second-order valence-corrected chi connectivity index (χ2v) is 4.53. The molecule has 2 rings (SSSR count). The fraction of sp³-hybridized carbons (Fsp3) is 0.143. The van der Waals surface area contributed by atoms with Crippen LogP contribution in [0.1, 0.15) is 10.5 Å². The highest BCUT2D eigenvalue weighted by molar-refractivity contribution is 6.32. The summed E-state index contributed by atoms with van der Waals surface area (Å²) in [5, 5.41) is 3.08. The lowest BCUT2D eigenvalue weighted by Crippen LogP contribution is -2.14. The number of aromatic nitrogens is 1. The van der Waals surface area contributed by atoms with Crippen LogP contribution < -0.4 is 20.5 Å². The molecule has 0 spiro atoms. The topological polar surface area (TPSA) is 86.5 Å². The number of hydrogen-bond donors (Lipinski definition) is 2. The van der Waals surface area contributed by atoms with Crippen molar-refractivity contribution in [3.05, 3.63) is 41.2 Å². The van der Waals surface area contributed by atoms with Crippen LogP contribution in [0.25, 0.3) is 0 Å². The highest BCUT2D eigenvalue weighted by atomic mass is 35.5. The van der Waals surface area contributed by atoms with Gasteiger partial charge in [0.05, 0.1) is 36.8 Å². The highest BCUT2D eigenvalue weighted by Crippen LogP contribution is 2.35. The standard InChI is InChI=1S/C14H14ClN3O3/c1-20-12-6-11(13(21-2)5-9(12)15)18-14(19)10-4-3-8(16)7-17-10/h3-7H,16H2,1-2H3,(H,18,19). The molecule has 1 aromatic carbocycles. The Balaban J connectivity index is 2.29. The zero-order chi connectivity index (χ0) is 15.4. The summed E-state index contributed by atoms with van der Waals surface area (Å²) in [5.41, 5.74) is 6.69. The minimum atomic E-state index is -0.391. The third kappa shape index (κ3) is 3.35. The number of hydrogen-bond acceptors (Lipinski definition) is 5. The molecule has 0 aliphatic heterocycles. The second kappa shape index (κ2) is 6.32. The van der Waals surface area contributed by atoms with Crippen molar-refractivity contribution in [2.24, 2.45) is 0 Å². The Hall–Kier alpha value is -2.47. The minimum absolute atomic E-state index is 0.236. The quantitative estimate of drug-likeness (QED) is 0.906. The number of nitrogens with one attached hydrogen (secondary N) is 1. The summed E-state index contributed by atoms with van der Waals surface area (Å²) in [5.74, 6) is 0.459. The molecule has 2 aromatic rings. The van der Waals surface area contributed by atoms with Crippen molar-refractivity contribution in [3.63, 3.8) is 0 Å². The minimum Gasteiger partial charge on any atom is -0.495 e. The second-order valence-electron chi connectivity index (χ2n) is 4.12. The number of rotatable bonds is 4. The van der Waals surface area contributed by atoms with Gasteiger partial charge in [-0.15, -0.1) is 0 Å². The third-order valence-electron chi connectivity index (χ3n) is 2.74. The van der Waals surface area contributed by atoms with Gasteiger partial charge in [-0.05, 0) is 12.1 Å². The lowest BCUT2D eigenvalue weighted by Gasteiger charge is -2.13. The van der Waals surface area contributed by atoms with Crippen LogP contribution >= 0.6 is 11.6 Å². The summed E-state index contributed by atoms with van der Waals surface area (Å²) in [7, 11) is 2.97. The molecule has 0 aliphatic carbocycles. The molecule has 3 N–H and O–H groups in total. The van der Waals surface area contributed by atoms with E-state index in [2.05, 4.69) is 10.3 Å². The normalized spacial score (nSPS) is 10.0. The van der Waals surface area contributed by atoms with Gasteiger partial charge in [0, 0.05) is 12.1 Å². The maximum atomic E-state index is 12.1. The monoisotopic (exact) mass is 307 g/mol. The number of carbonyl (C=O) groups excluding carboxylic acids is 1. The molecule has 1 aromatic heterocycles. The maximum absolute atomic E-state index is 12.1. The number of nitrogens with two attached hydrogens (primary N) is 1. The molecule has 110 valence electrons. The number of nitrogen functional groups attached to an aromatic ring is 1. The molecule has 6 nitrogen and oxygen atoms in total. The van der Waals surface area contributed by atoms with Crippen molar-refractivity contribution >= 4 is 28.9 Å². The van der Waals surface area contributed by atoms with Gasteiger partial charge in [-0.25, -0.2) is 4.98 Å². The van der Waals surface area contributed by atoms with Gasteiger partial charge in [-0.1, -0.05) is 11.6 Å². The van der Waals surface area contributed by atoms with Crippen molar-refractivity contribution in [3.8, 4) is 11.5 Å². The summed E-state index contributed by atoms with van der Waals surface area (Å²) >= 11 is 6.01. The maximum Gasteiger partial charge on any atom is 0.274 e. The summed E-state index contributed by atoms with van der Waals surface area (Å²) in [6.07, 6.45) is 1.41. The van der Waals surface area contributed by atoms with Gasteiger partial charge in [0.1, 0.15) is 17.2 Å². The number of carbonyl (C=O) groups is 1. The van der Waals surface area contributed by atoms with E-state index in [0.717, 1.165) is 0 Å². The first-order valence-corrected chi connectivity index (χ1v) is 6.37. The Kier molecular flexibility index (Phi) is 4.49. The Morgan fingerprint density at radius 1 is 1.24 bits per heavy atom. The number of amides is 1. The molecular formula is C14H14ClN3O3. The molecule has 0 fully saturated rings. The molecule has 0 unspecified atom stereocenters. The molecule has 0 atom stereocenters. The highest BCUT2D eigenvalue weighted by Gasteiger charge is 2.14. The van der Waals surface area contributed by atoms with Gasteiger partial charge in [-0.2, -0.15) is 0 Å². The van der Waals surface area contributed by atoms with E-state index >= 15 is 0 Å². The number of nitrogens with zero attached hydrogens (tertiary/aromatic N) is 1. The molecular weight excluding hydrogens is 294 g/mol. The van der Waals surface area contributed by atoms with Gasteiger partial charge in [0.25, 0.3) is 5.91 Å². The SMILES string of the molecule is COc1cc(NC(=O)c2ccc(N)cn2)c(OC)cc1Cl. The smallest absolute Gasteiger partial charge is 0.274 e. The fourth-order valence-corrected chi connectivity index (χ4v) is 1.91. The molecule has 1 heterocycles. The Labute approximate surface area is 126 Å². The lowest BCUT2D eigenvalue weighted by atomic mass is 10.2. The van der Waals surface area contributed by atoms with E-state index in [0.29, 0.717) is 27.9 Å². The van der Waals surface area contributed by atoms with Crippen LogP contribution in [-0.2, 0) is 0 Å². The van der Waals surface area contributed by atoms with Gasteiger partial charge < -0.3 is 20.5 Å². The number of ether oxygens (including phenoxy) is 2. The average molecular weight is 308 g/mol. The van der Waals surface area contributed by atoms with Crippen LogP contribution in [-0.4, -0.2) is 25.1 Å². The largest absolute Gasteiger partial charge is 0.495 e. The van der Waals surface area contributed by atoms with Crippen LogP contribution in [0.4, 0.5) is 11.4 Å². The summed E-state index contributed by atoms with van der Waals surface area (Å²) in [4.78, 5) is 16.1. The van der Waals surface area contributed by atoms with E-state index in [-0.39, 0.29) is 5.69 Å². The molecule has 7 heteroatoms. The fourth-order valence-electron chi connectivity index (χ4n) is 1.68. The first-order valence-electron chi connectivity index (χ1n) is 5.99. The van der Waals surface area contributed by atoms with Crippen molar-refractivity contribution in [1.29, 1.82) is 0 Å². The van der Waals surface area contributed by atoms with Crippen LogP contribution in [0.3, 0.4) is 0 Å². The van der Waals surface area contributed by atoms with Crippen molar-refractivity contribution in [2.45, 2.75) is 0 Å². The Morgan fingerprint density at radius 2 is 1.95 bits per heavy atom. The molecule has 0 saturated heterocycles. The molecule has 0 saturated carbocycles. The van der Waals surface area contributed by atoms with Crippen LogP contribution in [0.2, 0.25) is 5.02 Å². The molecule has 0 radical (unpaired) electrons. The van der Waals surface area contributed by atoms with E-state index in [4.69, 9.17) is 26.8 Å². The average Bonchev–Trinajstić information content (AvgIpc) is 2.49. The van der Waals surface area contributed by atoms with E-state index < -0.39 is 5.91 Å². The van der Waals surface area contributed by atoms with Crippen LogP contribution in [0.15, 0.2) is 30.5 Å².